The molecule has 8 heteroatoms. The number of hydrogen-bond acceptors (Lipinski definition) is 0. The molecule has 8 aromatic rings. The largest absolute Gasteiger partial charge is 0.189 e. The molecular formula is C128H216V3W5-8. The molecule has 0 nitrogen and oxygen atoms in total. The molecule has 0 spiro atoms. The van der Waals surface area contributed by atoms with Gasteiger partial charge in [0.2, 0.25) is 0 Å². The third-order valence-electron chi connectivity index (χ3n) is 20.0. The number of benzene rings is 8. The smallest absolute Gasteiger partial charge is 0 e. The van der Waals surface area contributed by atoms with Crippen LogP contribution in [0.25, 0.3) is 0 Å². The molecule has 0 bridgehead atoms. The number of aryl methyl sites for hydroxylation is 3. The second-order valence-electron chi connectivity index (χ2n) is 45.7. The maximum atomic E-state index is 3.38. The summed E-state index contributed by atoms with van der Waals surface area (Å²) in [5.41, 5.74) is 29.1. The van der Waals surface area contributed by atoms with Crippen LogP contribution in [0.3, 0.4) is 0 Å². The van der Waals surface area contributed by atoms with E-state index < -0.39 is 0 Å². The van der Waals surface area contributed by atoms with Crippen molar-refractivity contribution in [2.24, 2.45) is 0 Å². The second-order valence-corrected chi connectivity index (χ2v) is 45.7. The Bertz CT molecular complexity index is 3830. The molecule has 0 aliphatic heterocycles. The first-order valence-corrected chi connectivity index (χ1v) is 49.9. The fourth-order valence-electron chi connectivity index (χ4n) is 13.1. The molecule has 0 unspecified atom stereocenters. The van der Waals surface area contributed by atoms with E-state index in [0.29, 0.717) is 0 Å². The van der Waals surface area contributed by atoms with Crippen molar-refractivity contribution in [3.05, 3.63) is 299 Å². The van der Waals surface area contributed by atoms with Crippen LogP contribution < -0.4 is 0 Å². The van der Waals surface area contributed by atoms with E-state index in [1.165, 1.54) is 123 Å². The Morgan fingerprint density at radius 2 is 0.574 bits per heavy atom. The minimum Gasteiger partial charge on any atom is -0.189 e. The molecule has 3 radical (unpaired) electrons. The second kappa shape index (κ2) is 79.7. The van der Waals surface area contributed by atoms with Crippen molar-refractivity contribution in [1.82, 2.24) is 0 Å². The number of rotatable bonds is 3. The minimum atomic E-state index is 0. The van der Waals surface area contributed by atoms with Crippen LogP contribution in [0.1, 0.15) is 528 Å². The third kappa shape index (κ3) is 70.4. The van der Waals surface area contributed by atoms with Crippen LogP contribution in [-0.4, -0.2) is 0 Å². The molecule has 8 aromatic carbocycles. The molecule has 8 rings (SSSR count). The van der Waals surface area contributed by atoms with Gasteiger partial charge in [0.25, 0.3) is 0 Å². The van der Waals surface area contributed by atoms with Gasteiger partial charge in [-0.05, 0) is 43.3 Å². The first-order valence-electron chi connectivity index (χ1n) is 49.9. The van der Waals surface area contributed by atoms with Gasteiger partial charge in [-0.15, -0.1) is 62.7 Å². The molecule has 136 heavy (non-hydrogen) atoms. The molecular weight excluding hydrogens is 2610 g/mol. The van der Waals surface area contributed by atoms with E-state index in [4.69, 9.17) is 0 Å². The van der Waals surface area contributed by atoms with Gasteiger partial charge in [0.15, 0.2) is 0 Å². The molecule has 0 saturated heterocycles. The SMILES string of the molecule is CC.CC.CC.CC.CC.CC.CC.CC.CC(C)(C)c1[c-]cc(C(C)(C)C)cc1.CC(C)(C)c1[c-]ccc(C(C)(C)C)c1.CC(C)(C)c1[c-]ccc(C(C)(C)C)c1.CC(C)(C)c1[c-]cccc1C(C)(C)C.CC(C)(C)c1c[c-]ccc1C(C)(C)C.Cc1cc([C-](C)C)ccc1C(C)(C)C.Cc1ccc(C(C)(C)C)c([C-](C)C)c1.Cc1cccc([C-](C)C)c1C(C)(C)C.[V].[V].[V].[W].[W].[W].[W].[W]. The first-order chi connectivity index (χ1) is 58.1. The van der Waals surface area contributed by atoms with E-state index in [9.17, 15) is 0 Å². The van der Waals surface area contributed by atoms with Crippen molar-refractivity contribution >= 4 is 0 Å². The summed E-state index contributed by atoms with van der Waals surface area (Å²) in [4.78, 5) is 0. The fraction of sp³-hybridized carbons (Fsp3) is 0.602. The normalized spacial score (nSPS) is 10.6. The van der Waals surface area contributed by atoms with Crippen LogP contribution in [-0.2, 0) is 231 Å². The molecule has 0 amide bonds. The van der Waals surface area contributed by atoms with Gasteiger partial charge in [-0.1, -0.05) is 488 Å². The first kappa shape index (κ1) is 171. The zero-order valence-electron chi connectivity index (χ0n) is 101. The van der Waals surface area contributed by atoms with Gasteiger partial charge < -0.3 is 0 Å². The predicted octanol–water partition coefficient (Wildman–Crippen LogP) is 41.4. The zero-order valence-corrected chi connectivity index (χ0v) is 120. The van der Waals surface area contributed by atoms with E-state index in [0.717, 1.165) is 0 Å². The van der Waals surface area contributed by atoms with Crippen LogP contribution in [0.2, 0.25) is 0 Å². The molecule has 0 saturated carbocycles. The third-order valence-corrected chi connectivity index (χ3v) is 20.0. The summed E-state index contributed by atoms with van der Waals surface area (Å²) in [6.45, 7) is 139. The van der Waals surface area contributed by atoms with Gasteiger partial charge in [0.1, 0.15) is 0 Å². The van der Waals surface area contributed by atoms with Gasteiger partial charge in [-0.25, -0.2) is 0 Å². The fourth-order valence-corrected chi connectivity index (χ4v) is 13.1. The molecule has 0 heterocycles. The van der Waals surface area contributed by atoms with Crippen LogP contribution in [0.5, 0.6) is 0 Å². The van der Waals surface area contributed by atoms with Crippen LogP contribution in [0, 0.1) is 68.9 Å². The molecule has 0 aliphatic carbocycles. The van der Waals surface area contributed by atoms with Crippen molar-refractivity contribution < 1.29 is 161 Å². The van der Waals surface area contributed by atoms with E-state index in [1.807, 2.05) is 135 Å². The maximum Gasteiger partial charge on any atom is 0 e. The molecule has 0 N–H and O–H groups in total. The maximum absolute atomic E-state index is 3.38. The summed E-state index contributed by atoms with van der Waals surface area (Å²) < 4.78 is 0. The average Bonchev–Trinajstić information content (AvgIpc) is 0.815. The van der Waals surface area contributed by atoms with E-state index in [2.05, 4.69) is 484 Å². The zero-order chi connectivity index (χ0) is 104. The number of hydrogen-bond donors (Lipinski definition) is 0. The molecule has 0 fully saturated rings. The Kier molecular flexibility index (Phi) is 100. The van der Waals surface area contributed by atoms with Crippen molar-refractivity contribution in [2.75, 3.05) is 0 Å². The van der Waals surface area contributed by atoms with E-state index in [-0.39, 0.29) is 231 Å². The van der Waals surface area contributed by atoms with E-state index in [1.54, 1.807) is 0 Å². The van der Waals surface area contributed by atoms with Gasteiger partial charge >= 0.3 is 0 Å². The van der Waals surface area contributed by atoms with Crippen LogP contribution in [0.15, 0.2) is 146 Å². The topological polar surface area (TPSA) is 0 Å². The summed E-state index contributed by atoms with van der Waals surface area (Å²) in [6, 6.07) is 68.8. The Morgan fingerprint density at radius 1 is 0.221 bits per heavy atom. The molecule has 781 valence electrons. The van der Waals surface area contributed by atoms with Gasteiger partial charge in [-0.3, -0.25) is 0 Å². The van der Waals surface area contributed by atoms with E-state index >= 15 is 0 Å². The average molecular weight is 2830 g/mol. The summed E-state index contributed by atoms with van der Waals surface area (Å²) in [6.07, 6.45) is 0. The minimum absolute atomic E-state index is 0. The summed E-state index contributed by atoms with van der Waals surface area (Å²) in [7, 11) is 0. The Hall–Kier alpha value is -1.44. The standard InChI is InChI=1S/8C14H21.8C2H6.3V.5W/c1-13(2,3)11-7-9-12(10-8-11)14(4,5)6;1-10(2)12-7-8-13(11(3)9-12)14(4,5)6;1-10(2)12-9-11(3)7-8-13(12)14(4,5)6;2*1-13(2,3)11-8-7-9-12(10-11)14(4,5)6;2*1-13(2,3)11-9-7-8-10-12(11)14(4,5)6;1-10(2)12-9-7-8-11(3)13(12)14(4,5)6;8*1-2;;;;;;;;/h3*7-9H,1-6H3;2*7-8,10H,1-6H3;7,9-10H,1-6H3;2*7-9H,1-6H3;8*1-2H3;;;;;;;;/q8*-1;;;;;;;;;;;;;;;;. The summed E-state index contributed by atoms with van der Waals surface area (Å²) in [5, 5.41) is 0. The predicted molar refractivity (Wildman–Crippen MR) is 595 cm³/mol. The van der Waals surface area contributed by atoms with Crippen LogP contribution in [0.4, 0.5) is 0 Å². The van der Waals surface area contributed by atoms with Gasteiger partial charge in [0, 0.05) is 161 Å². The Morgan fingerprint density at radius 3 is 0.838 bits per heavy atom. The summed E-state index contributed by atoms with van der Waals surface area (Å²) in [5.74, 6) is 4.19. The van der Waals surface area contributed by atoms with Gasteiger partial charge in [0.05, 0.1) is 0 Å². The molecule has 0 aromatic heterocycles. The monoisotopic (exact) mass is 2830 g/mol. The van der Waals surface area contributed by atoms with Gasteiger partial charge in [-0.2, -0.15) is 219 Å². The van der Waals surface area contributed by atoms with Crippen molar-refractivity contribution in [3.63, 3.8) is 0 Å². The van der Waals surface area contributed by atoms with Crippen LogP contribution >= 0.6 is 0 Å². The van der Waals surface area contributed by atoms with Crippen molar-refractivity contribution in [3.8, 4) is 0 Å². The quantitative estimate of drug-likeness (QED) is 0.155. The van der Waals surface area contributed by atoms with Crippen molar-refractivity contribution in [2.45, 2.75) is 514 Å². The summed E-state index contributed by atoms with van der Waals surface area (Å²) >= 11 is 0. The molecule has 0 aliphatic rings. The Balaban J connectivity index is -0.0000000838. The Labute approximate surface area is 963 Å². The molecule has 0 atom stereocenters. The van der Waals surface area contributed by atoms with Crippen molar-refractivity contribution in [1.29, 1.82) is 0 Å².